The number of aromatic hydroxyl groups is 1. The third-order valence-corrected chi connectivity index (χ3v) is 6.88. The van der Waals surface area contributed by atoms with Crippen LogP contribution in [0.1, 0.15) is 18.1 Å². The van der Waals surface area contributed by atoms with Crippen LogP contribution in [0.3, 0.4) is 0 Å². The van der Waals surface area contributed by atoms with E-state index in [-0.39, 0.29) is 18.7 Å². The first-order chi connectivity index (χ1) is 16.2. The minimum absolute atomic E-state index is 0.0797. The van der Waals surface area contributed by atoms with Gasteiger partial charge in [0.1, 0.15) is 0 Å². The van der Waals surface area contributed by atoms with Crippen LogP contribution in [0.4, 0.5) is 10.5 Å². The number of hydrogen-bond acceptors (Lipinski definition) is 7. The Bertz CT molecular complexity index is 898. The quantitative estimate of drug-likeness (QED) is 0.133. The first-order valence-corrected chi connectivity index (χ1v) is 15.1. The summed E-state index contributed by atoms with van der Waals surface area (Å²) in [7, 11) is 1.68. The zero-order chi connectivity index (χ0) is 25.1. The third kappa shape index (κ3) is 8.32. The number of benzene rings is 2. The smallest absolute Gasteiger partial charge is 0.446 e. The van der Waals surface area contributed by atoms with Gasteiger partial charge in [-0.2, -0.15) is 4.89 Å². The van der Waals surface area contributed by atoms with Crippen molar-refractivity contribution < 1.29 is 33.9 Å². The van der Waals surface area contributed by atoms with E-state index in [0.717, 1.165) is 11.6 Å². The van der Waals surface area contributed by atoms with Crippen LogP contribution in [0.15, 0.2) is 42.5 Å². The van der Waals surface area contributed by atoms with Gasteiger partial charge in [0.15, 0.2) is 17.8 Å². The maximum atomic E-state index is 13.2. The number of phenols is 1. The molecule has 0 bridgehead atoms. The zero-order valence-corrected chi connectivity index (χ0v) is 22.0. The lowest BCUT2D eigenvalue weighted by atomic mass is 10.0. The van der Waals surface area contributed by atoms with Crippen molar-refractivity contribution in [3.8, 4) is 11.5 Å². The second kappa shape index (κ2) is 13.3. The van der Waals surface area contributed by atoms with Gasteiger partial charge in [-0.1, -0.05) is 50.0 Å². The van der Waals surface area contributed by atoms with Gasteiger partial charge in [0, 0.05) is 34.3 Å². The molecule has 0 unspecified atom stereocenters. The highest BCUT2D eigenvalue weighted by Crippen LogP contribution is 2.39. The molecule has 188 valence electrons. The van der Waals surface area contributed by atoms with E-state index in [0.29, 0.717) is 30.2 Å². The summed E-state index contributed by atoms with van der Waals surface area (Å²) in [4.78, 5) is 25.1. The molecule has 0 radical (unpaired) electrons. The molecule has 9 heteroatoms. The van der Waals surface area contributed by atoms with E-state index in [4.69, 9.17) is 24.0 Å². The molecule has 34 heavy (non-hydrogen) atoms. The predicted molar refractivity (Wildman–Crippen MR) is 134 cm³/mol. The van der Waals surface area contributed by atoms with Gasteiger partial charge in [-0.3, -0.25) is 9.79 Å². The highest BCUT2D eigenvalue weighted by molar-refractivity contribution is 6.76. The Morgan fingerprint density at radius 2 is 1.74 bits per heavy atom. The summed E-state index contributed by atoms with van der Waals surface area (Å²) in [6, 6.07) is 13.7. The van der Waals surface area contributed by atoms with Gasteiger partial charge in [0.05, 0.1) is 25.4 Å². The Hall–Kier alpha value is -2.59. The number of methoxy groups -OCH3 is 2. The number of amides is 1. The molecular formula is C25H37NO7Si. The van der Waals surface area contributed by atoms with E-state index in [1.165, 1.54) is 19.1 Å². The Morgan fingerprint density at radius 1 is 1.06 bits per heavy atom. The van der Waals surface area contributed by atoms with E-state index in [1.54, 1.807) is 12.1 Å². The molecule has 0 fully saturated rings. The van der Waals surface area contributed by atoms with Crippen LogP contribution in [0.5, 0.6) is 11.5 Å². The highest BCUT2D eigenvalue weighted by atomic mass is 28.3. The molecule has 0 atom stereocenters. The average molecular weight is 492 g/mol. The van der Waals surface area contributed by atoms with E-state index < -0.39 is 20.5 Å². The van der Waals surface area contributed by atoms with Crippen LogP contribution >= 0.6 is 0 Å². The minimum Gasteiger partial charge on any atom is -0.504 e. The first-order valence-electron chi connectivity index (χ1n) is 11.4. The lowest BCUT2D eigenvalue weighted by molar-refractivity contribution is -0.232. The third-order valence-electron chi connectivity index (χ3n) is 5.18. The van der Waals surface area contributed by atoms with Gasteiger partial charge in [-0.15, -0.1) is 0 Å². The number of phenolic OH excluding ortho intramolecular Hbond substituents is 1. The molecule has 0 aliphatic carbocycles. The predicted octanol–water partition coefficient (Wildman–Crippen LogP) is 5.37. The fourth-order valence-electron chi connectivity index (χ4n) is 3.26. The van der Waals surface area contributed by atoms with Crippen molar-refractivity contribution in [3.63, 3.8) is 0 Å². The van der Waals surface area contributed by atoms with Gasteiger partial charge in [-0.25, -0.2) is 4.79 Å². The second-order valence-corrected chi connectivity index (χ2v) is 14.6. The minimum atomic E-state index is -1.34. The highest BCUT2D eigenvalue weighted by Gasteiger charge is 2.27. The standard InChI is InChI=1S/C25H37NO7Si/c1-7-31-22-14-13-21(20(24(22)27)17-23(29-2)30-3)26(18-19-11-9-8-10-12-19)25(28)33-32-15-16-34(4,5)6/h8-14,23,27H,7,15-18H2,1-6H3. The Labute approximate surface area is 203 Å². The van der Waals surface area contributed by atoms with Crippen molar-refractivity contribution in [2.24, 2.45) is 0 Å². The number of carbonyl (C=O) groups excluding carboxylic acids is 1. The molecular weight excluding hydrogens is 454 g/mol. The molecule has 0 aliphatic heterocycles. The van der Waals surface area contributed by atoms with Gasteiger partial charge in [-0.05, 0) is 30.7 Å². The van der Waals surface area contributed by atoms with Gasteiger partial charge in [0.25, 0.3) is 0 Å². The SMILES string of the molecule is CCOc1ccc(N(Cc2ccccc2)C(=O)OOCC[Si](C)(C)C)c(CC(OC)OC)c1O. The monoisotopic (exact) mass is 491 g/mol. The van der Waals surface area contributed by atoms with Crippen molar-refractivity contribution in [1.82, 2.24) is 0 Å². The van der Waals surface area contributed by atoms with Crippen LogP contribution in [0, 0.1) is 0 Å². The summed E-state index contributed by atoms with van der Waals surface area (Å²) in [5, 5.41) is 11.0. The molecule has 0 saturated carbocycles. The maximum absolute atomic E-state index is 13.2. The molecule has 2 aromatic rings. The van der Waals surface area contributed by atoms with Crippen LogP contribution in [0.25, 0.3) is 0 Å². The van der Waals surface area contributed by atoms with E-state index in [2.05, 4.69) is 19.6 Å². The molecule has 2 rings (SSSR count). The topological polar surface area (TPSA) is 86.7 Å². The number of ether oxygens (including phenoxy) is 3. The van der Waals surface area contributed by atoms with Crippen molar-refractivity contribution in [1.29, 1.82) is 0 Å². The molecule has 0 aliphatic rings. The van der Waals surface area contributed by atoms with Crippen LogP contribution in [0.2, 0.25) is 25.7 Å². The molecule has 1 amide bonds. The summed E-state index contributed by atoms with van der Waals surface area (Å²) >= 11 is 0. The van der Waals surface area contributed by atoms with Gasteiger partial charge >= 0.3 is 6.09 Å². The molecule has 1 N–H and O–H groups in total. The lowest BCUT2D eigenvalue weighted by Gasteiger charge is -2.26. The van der Waals surface area contributed by atoms with E-state index in [9.17, 15) is 9.90 Å². The van der Waals surface area contributed by atoms with Crippen LogP contribution in [-0.2, 0) is 32.2 Å². The van der Waals surface area contributed by atoms with Crippen LogP contribution < -0.4 is 9.64 Å². The Kier molecular flexibility index (Phi) is 10.8. The zero-order valence-electron chi connectivity index (χ0n) is 21.0. The summed E-state index contributed by atoms with van der Waals surface area (Å²) in [6.07, 6.45) is -1.14. The molecule has 0 spiro atoms. The number of anilines is 1. The average Bonchev–Trinajstić information content (AvgIpc) is 2.81. The molecule has 0 aromatic heterocycles. The number of rotatable bonds is 13. The molecule has 0 saturated heterocycles. The summed E-state index contributed by atoms with van der Waals surface area (Å²) in [5.74, 6) is 0.232. The van der Waals surface area contributed by atoms with E-state index >= 15 is 0 Å². The molecule has 8 nitrogen and oxygen atoms in total. The first kappa shape index (κ1) is 27.6. The van der Waals surface area contributed by atoms with Crippen molar-refractivity contribution in [2.45, 2.75) is 51.9 Å². The van der Waals surface area contributed by atoms with E-state index in [1.807, 2.05) is 37.3 Å². The number of carbonyl (C=O) groups is 1. The van der Waals surface area contributed by atoms with Crippen LogP contribution in [-0.4, -0.2) is 53.0 Å². The van der Waals surface area contributed by atoms with Gasteiger partial charge < -0.3 is 19.3 Å². The second-order valence-electron chi connectivity index (χ2n) is 9.00. The number of nitrogens with zero attached hydrogens (tertiary/aromatic N) is 1. The molecule has 0 heterocycles. The van der Waals surface area contributed by atoms with Crippen molar-refractivity contribution >= 4 is 19.9 Å². The normalized spacial score (nSPS) is 11.5. The lowest BCUT2D eigenvalue weighted by Crippen LogP contribution is -2.33. The summed E-state index contributed by atoms with van der Waals surface area (Å²) in [5.41, 5.74) is 1.77. The summed E-state index contributed by atoms with van der Waals surface area (Å²) < 4.78 is 16.3. The Morgan fingerprint density at radius 3 is 2.32 bits per heavy atom. The van der Waals surface area contributed by atoms with Crippen molar-refractivity contribution in [3.05, 3.63) is 53.6 Å². The van der Waals surface area contributed by atoms with Crippen molar-refractivity contribution in [2.75, 3.05) is 32.3 Å². The largest absolute Gasteiger partial charge is 0.504 e. The maximum Gasteiger partial charge on any atom is 0.446 e. The summed E-state index contributed by atoms with van der Waals surface area (Å²) in [6.45, 7) is 9.41. The number of hydrogen-bond donors (Lipinski definition) is 1. The Balaban J connectivity index is 2.42. The van der Waals surface area contributed by atoms with Gasteiger partial charge in [0.2, 0.25) is 0 Å². The fourth-order valence-corrected chi connectivity index (χ4v) is 3.95. The fraction of sp³-hybridized carbons (Fsp3) is 0.480. The molecule has 2 aromatic carbocycles.